The smallest absolute Gasteiger partial charge is 0.399 e. The lowest BCUT2D eigenvalue weighted by molar-refractivity contribution is 0.00578. The number of rotatable bonds is 6. The van der Waals surface area contributed by atoms with Crippen LogP contribution < -0.4 is 5.46 Å². The molecule has 1 fully saturated rings. The predicted molar refractivity (Wildman–Crippen MR) is 570 cm³/mol. The Morgan fingerprint density at radius 3 is 0.803 bits per heavy atom. The normalized spacial score (nSPS) is 14.4. The van der Waals surface area contributed by atoms with Crippen LogP contribution in [-0.4, -0.2) is 18.3 Å². The Morgan fingerprint density at radius 1 is 0.182 bits per heavy atom. The zero-order valence-corrected chi connectivity index (χ0v) is 76.6. The first-order chi connectivity index (χ1) is 64.4. The van der Waals surface area contributed by atoms with E-state index in [2.05, 4.69) is 484 Å². The van der Waals surface area contributed by atoms with Crippen LogP contribution in [-0.2, 0) is 20.1 Å². The Bertz CT molecular complexity index is 8950. The highest BCUT2D eigenvalue weighted by atomic mass is 79.9. The monoisotopic (exact) mass is 1750 g/mol. The SMILES string of the molecule is Brc1c2ccccc2c(-c2cccc(-c3cc4ccccc4c4ccccc34)c2)c2ccccc12.CC1(C)c2cc(-c3c4ccccc4c(-c4cccc(-c5cc6ccccc6c6ccccc56)c4)c4ccccc34)ccc2-c2cc3c4ccccc4c4ccccc4c3cc21.CC1(C)c2cc(B3OC(C)(C)C(C)(C)O3)ccc2-c2cc3c4ccccc4c4ccccc4c3cc21. The van der Waals surface area contributed by atoms with E-state index in [1.54, 1.807) is 0 Å². The molecule has 626 valence electrons. The van der Waals surface area contributed by atoms with Crippen LogP contribution in [0.15, 0.2) is 417 Å². The van der Waals surface area contributed by atoms with Crippen molar-refractivity contribution in [2.45, 2.75) is 77.4 Å². The average molecular weight is 1750 g/mol. The molecule has 0 unspecified atom stereocenters. The quantitative estimate of drug-likeness (QED) is 0.0938. The summed E-state index contributed by atoms with van der Waals surface area (Å²) < 4.78 is 13.9. The maximum absolute atomic E-state index is 6.39. The number of fused-ring (bicyclic) bond motifs is 28. The van der Waals surface area contributed by atoms with Crippen LogP contribution in [0.5, 0.6) is 0 Å². The van der Waals surface area contributed by atoms with Gasteiger partial charge in [0.05, 0.1) is 11.2 Å². The molecule has 2 nitrogen and oxygen atoms in total. The maximum Gasteiger partial charge on any atom is 0.494 e. The second kappa shape index (κ2) is 30.2. The van der Waals surface area contributed by atoms with E-state index in [-0.39, 0.29) is 29.2 Å². The summed E-state index contributed by atoms with van der Waals surface area (Å²) in [7, 11) is -0.355. The first-order valence-corrected chi connectivity index (χ1v) is 47.2. The molecule has 0 amide bonds. The molecule has 27 rings (SSSR count). The van der Waals surface area contributed by atoms with Gasteiger partial charge in [-0.1, -0.05) is 386 Å². The van der Waals surface area contributed by atoms with E-state index in [0.717, 1.165) is 9.94 Å². The molecule has 1 heterocycles. The Hall–Kier alpha value is -14.6. The lowest BCUT2D eigenvalue weighted by Crippen LogP contribution is -2.41. The van der Waals surface area contributed by atoms with Gasteiger partial charge in [-0.25, -0.2) is 0 Å². The topological polar surface area (TPSA) is 18.5 Å². The summed E-state index contributed by atoms with van der Waals surface area (Å²) >= 11 is 3.89. The van der Waals surface area contributed by atoms with Gasteiger partial charge in [-0.3, -0.25) is 0 Å². The average Bonchev–Trinajstić information content (AvgIpc) is 1.54. The van der Waals surface area contributed by atoms with Crippen molar-refractivity contribution >= 4 is 179 Å². The van der Waals surface area contributed by atoms with Crippen molar-refractivity contribution in [1.82, 2.24) is 0 Å². The first kappa shape index (κ1) is 79.5. The molecule has 4 heteroatoms. The van der Waals surface area contributed by atoms with Crippen LogP contribution >= 0.6 is 15.9 Å². The summed E-state index contributed by atoms with van der Waals surface area (Å²) in [5.74, 6) is 0. The Labute approximate surface area is 777 Å². The van der Waals surface area contributed by atoms with Gasteiger partial charge in [-0.2, -0.15) is 0 Å². The number of hydrogen-bond acceptors (Lipinski definition) is 2. The first-order valence-electron chi connectivity index (χ1n) is 46.4. The molecule has 1 saturated heterocycles. The van der Waals surface area contributed by atoms with E-state index in [4.69, 9.17) is 9.31 Å². The molecule has 24 aromatic rings. The highest BCUT2D eigenvalue weighted by Gasteiger charge is 2.52. The van der Waals surface area contributed by atoms with Crippen molar-refractivity contribution in [2.75, 3.05) is 0 Å². The van der Waals surface area contributed by atoms with E-state index < -0.39 is 0 Å². The summed E-state index contributed by atoms with van der Waals surface area (Å²) in [5, 5.41) is 36.2. The highest BCUT2D eigenvalue weighted by Crippen LogP contribution is 2.57. The third kappa shape index (κ3) is 12.3. The van der Waals surface area contributed by atoms with E-state index >= 15 is 0 Å². The molecule has 3 aliphatic rings. The van der Waals surface area contributed by atoms with Gasteiger partial charge in [-0.05, 0) is 355 Å². The van der Waals surface area contributed by atoms with Crippen LogP contribution in [0.4, 0.5) is 0 Å². The summed E-state index contributed by atoms with van der Waals surface area (Å²) in [6.45, 7) is 18.0. The predicted octanol–water partition coefficient (Wildman–Crippen LogP) is 35.2. The fourth-order valence-corrected chi connectivity index (χ4v) is 23.7. The van der Waals surface area contributed by atoms with Crippen molar-refractivity contribution in [3.8, 4) is 77.9 Å². The molecule has 0 saturated carbocycles. The highest BCUT2D eigenvalue weighted by molar-refractivity contribution is 9.10. The zero-order chi connectivity index (χ0) is 88.8. The Kier molecular flexibility index (Phi) is 18.2. The van der Waals surface area contributed by atoms with Gasteiger partial charge in [-0.15, -0.1) is 0 Å². The Balaban J connectivity index is 0.000000113. The van der Waals surface area contributed by atoms with E-state index in [9.17, 15) is 0 Å². The number of hydrogen-bond donors (Lipinski definition) is 0. The van der Waals surface area contributed by atoms with Crippen LogP contribution in [0.2, 0.25) is 0 Å². The largest absolute Gasteiger partial charge is 0.494 e. The molecule has 0 bridgehead atoms. The molecule has 132 heavy (non-hydrogen) atoms. The van der Waals surface area contributed by atoms with Crippen LogP contribution in [0.1, 0.15) is 77.6 Å². The van der Waals surface area contributed by atoms with E-state index in [0.29, 0.717) is 0 Å². The molecule has 0 N–H and O–H groups in total. The van der Waals surface area contributed by atoms with E-state index in [1.807, 2.05) is 0 Å². The summed E-state index contributed by atoms with van der Waals surface area (Å²) in [6, 6.07) is 153. The van der Waals surface area contributed by atoms with Crippen LogP contribution in [0.25, 0.3) is 229 Å². The second-order valence-electron chi connectivity index (χ2n) is 38.6. The molecule has 0 spiro atoms. The summed E-state index contributed by atoms with van der Waals surface area (Å²) in [6.07, 6.45) is 0. The molecular weight excluding hydrogens is 1660 g/mol. The molecular formula is C128H92BBrO2. The number of halogens is 1. The summed E-state index contributed by atoms with van der Waals surface area (Å²) in [5.41, 5.74) is 23.5. The third-order valence-electron chi connectivity index (χ3n) is 30.2. The van der Waals surface area contributed by atoms with Gasteiger partial charge in [0.25, 0.3) is 0 Å². The minimum absolute atomic E-state index is 0.120. The van der Waals surface area contributed by atoms with Crippen molar-refractivity contribution in [2.24, 2.45) is 0 Å². The van der Waals surface area contributed by atoms with Crippen molar-refractivity contribution in [3.63, 3.8) is 0 Å². The van der Waals surface area contributed by atoms with Crippen molar-refractivity contribution in [3.05, 3.63) is 439 Å². The molecule has 0 aromatic heterocycles. The van der Waals surface area contributed by atoms with Gasteiger partial charge in [0.2, 0.25) is 0 Å². The van der Waals surface area contributed by atoms with Gasteiger partial charge < -0.3 is 9.31 Å². The summed E-state index contributed by atoms with van der Waals surface area (Å²) in [4.78, 5) is 0. The molecule has 24 aromatic carbocycles. The lowest BCUT2D eigenvalue weighted by Gasteiger charge is -2.32. The minimum Gasteiger partial charge on any atom is -0.399 e. The fraction of sp³-hybridized carbons (Fsp3) is 0.0938. The van der Waals surface area contributed by atoms with E-state index in [1.165, 1.54) is 251 Å². The van der Waals surface area contributed by atoms with Crippen LogP contribution in [0.3, 0.4) is 0 Å². The number of benzene rings is 24. The maximum atomic E-state index is 6.39. The fourth-order valence-electron chi connectivity index (χ4n) is 23.0. The molecule has 2 aliphatic carbocycles. The Morgan fingerprint density at radius 2 is 0.439 bits per heavy atom. The van der Waals surface area contributed by atoms with Gasteiger partial charge in [0.15, 0.2) is 0 Å². The van der Waals surface area contributed by atoms with Gasteiger partial charge >= 0.3 is 7.12 Å². The molecule has 0 atom stereocenters. The second-order valence-corrected chi connectivity index (χ2v) is 39.4. The van der Waals surface area contributed by atoms with Gasteiger partial charge in [0, 0.05) is 15.3 Å². The third-order valence-corrected chi connectivity index (χ3v) is 31.0. The van der Waals surface area contributed by atoms with Gasteiger partial charge in [0.1, 0.15) is 0 Å². The van der Waals surface area contributed by atoms with Crippen molar-refractivity contribution < 1.29 is 9.31 Å². The standard InChI is InChI=1S/C61H40.C34H21Br.C33H31BO2/c1-61(2)57-34-40(30-31-48(57)56-35-54-46-24-9-6-21-43(46)44-22-7-10-25-47(44)55(54)36-58(56)61)60-51-28-13-11-26-49(51)59(50-27-12-14-29-52(50)60)39-18-15-17-37(32-39)53-33-38-16-3-4-19-41(38)42-20-5-8-23-45(42)53;35-34-30-18-7-5-16-28(30)33(29-17-6-8-19-31(29)34)24-12-9-11-22(20-24)32-21-23-10-1-2-13-25(23)26-14-3-4-15-27(26)32;1-31(2)29-17-20(34-35-32(3,4)33(5,6)36-34)15-16-25(29)28-18-26-23-13-9-7-11-21(23)22-12-8-10-14-24(22)27(26)19-30(28)31/h3-36H,1-2H3;1-21H;7-19H,1-6H3. The minimum atomic E-state index is -0.355. The molecule has 0 radical (unpaired) electrons. The molecule has 1 aliphatic heterocycles. The lowest BCUT2D eigenvalue weighted by atomic mass is 9.74. The zero-order valence-electron chi connectivity index (χ0n) is 75.0. The van der Waals surface area contributed by atoms with Crippen molar-refractivity contribution in [1.29, 1.82) is 0 Å². The van der Waals surface area contributed by atoms with Crippen LogP contribution in [0, 0.1) is 0 Å².